The molecule has 0 bridgehead atoms. The number of hydrogen-bond acceptors (Lipinski definition) is 5. The largest absolute Gasteiger partial charge is 0.495 e. The first-order valence-corrected chi connectivity index (χ1v) is 7.33. The minimum Gasteiger partial charge on any atom is -0.495 e. The Balaban J connectivity index is 2.11. The molecule has 2 aromatic rings. The van der Waals surface area contributed by atoms with Crippen molar-refractivity contribution >= 4 is 34.6 Å². The Morgan fingerprint density at radius 3 is 2.46 bits per heavy atom. The highest BCUT2D eigenvalue weighted by atomic mass is 32.1. The summed E-state index contributed by atoms with van der Waals surface area (Å²) in [5, 5.41) is 16.1. The number of benzene rings is 2. The maximum Gasteiger partial charge on any atom is 0.271 e. The molecule has 0 unspecified atom stereocenters. The van der Waals surface area contributed by atoms with E-state index in [4.69, 9.17) is 17.0 Å². The van der Waals surface area contributed by atoms with E-state index in [0.717, 1.165) is 5.56 Å². The Hall–Kier alpha value is -3.00. The van der Waals surface area contributed by atoms with Gasteiger partial charge in [0.05, 0.1) is 17.7 Å². The molecular formula is C16H15N3O4S. The normalized spacial score (nSPS) is 9.92. The highest BCUT2D eigenvalue weighted by molar-refractivity contribution is 7.80. The van der Waals surface area contributed by atoms with E-state index in [9.17, 15) is 14.9 Å². The molecule has 0 aliphatic heterocycles. The molecule has 0 saturated heterocycles. The van der Waals surface area contributed by atoms with Crippen LogP contribution in [0, 0.1) is 17.0 Å². The topological polar surface area (TPSA) is 93.5 Å². The molecule has 0 fully saturated rings. The first-order chi connectivity index (χ1) is 11.4. The van der Waals surface area contributed by atoms with Crippen molar-refractivity contribution in [2.75, 3.05) is 12.4 Å². The first-order valence-electron chi connectivity index (χ1n) is 6.92. The lowest BCUT2D eigenvalue weighted by Crippen LogP contribution is -2.34. The zero-order valence-corrected chi connectivity index (χ0v) is 13.8. The van der Waals surface area contributed by atoms with Gasteiger partial charge in [0, 0.05) is 17.7 Å². The number of hydrogen-bond donors (Lipinski definition) is 2. The van der Waals surface area contributed by atoms with Gasteiger partial charge in [-0.05, 0) is 37.3 Å². The van der Waals surface area contributed by atoms with E-state index in [2.05, 4.69) is 10.6 Å². The van der Waals surface area contributed by atoms with Crippen molar-refractivity contribution in [3.63, 3.8) is 0 Å². The van der Waals surface area contributed by atoms with E-state index in [1.807, 2.05) is 19.1 Å². The predicted molar refractivity (Wildman–Crippen MR) is 94.5 cm³/mol. The fourth-order valence-electron chi connectivity index (χ4n) is 1.94. The van der Waals surface area contributed by atoms with Gasteiger partial charge < -0.3 is 10.1 Å². The summed E-state index contributed by atoms with van der Waals surface area (Å²) in [7, 11) is 1.43. The van der Waals surface area contributed by atoms with Gasteiger partial charge in [-0.1, -0.05) is 17.7 Å². The standard InChI is InChI=1S/C16H15N3O4S/c1-10-3-5-11(6-4-10)15(20)18-16(24)17-13-9-12(19(21)22)7-8-14(13)23-2/h3-9H,1-2H3,(H2,17,18,20,24). The van der Waals surface area contributed by atoms with Gasteiger partial charge in [-0.3, -0.25) is 20.2 Å². The maximum atomic E-state index is 12.1. The molecule has 8 heteroatoms. The Morgan fingerprint density at radius 1 is 1.21 bits per heavy atom. The van der Waals surface area contributed by atoms with E-state index >= 15 is 0 Å². The van der Waals surface area contributed by atoms with Crippen LogP contribution in [0.5, 0.6) is 5.75 Å². The summed E-state index contributed by atoms with van der Waals surface area (Å²) in [6.07, 6.45) is 0. The summed E-state index contributed by atoms with van der Waals surface area (Å²) >= 11 is 5.09. The van der Waals surface area contributed by atoms with Crippen LogP contribution >= 0.6 is 12.2 Å². The number of carbonyl (C=O) groups excluding carboxylic acids is 1. The average molecular weight is 345 g/mol. The highest BCUT2D eigenvalue weighted by Crippen LogP contribution is 2.28. The predicted octanol–water partition coefficient (Wildman–Crippen LogP) is 3.04. The number of methoxy groups -OCH3 is 1. The molecule has 2 N–H and O–H groups in total. The van der Waals surface area contributed by atoms with E-state index in [1.165, 1.54) is 25.3 Å². The zero-order valence-electron chi connectivity index (χ0n) is 13.0. The summed E-state index contributed by atoms with van der Waals surface area (Å²) in [6.45, 7) is 1.92. The van der Waals surface area contributed by atoms with Crippen LogP contribution < -0.4 is 15.4 Å². The van der Waals surface area contributed by atoms with Crippen LogP contribution in [-0.2, 0) is 0 Å². The van der Waals surface area contributed by atoms with Crippen LogP contribution in [0.2, 0.25) is 0 Å². The van der Waals surface area contributed by atoms with E-state index in [-0.39, 0.29) is 16.7 Å². The van der Waals surface area contributed by atoms with Crippen molar-refractivity contribution in [3.8, 4) is 5.75 Å². The quantitative estimate of drug-likeness (QED) is 0.502. The monoisotopic (exact) mass is 345 g/mol. The van der Waals surface area contributed by atoms with E-state index < -0.39 is 4.92 Å². The van der Waals surface area contributed by atoms with Gasteiger partial charge in [0.25, 0.3) is 11.6 Å². The summed E-state index contributed by atoms with van der Waals surface area (Å²) < 4.78 is 5.13. The second kappa shape index (κ2) is 7.51. The lowest BCUT2D eigenvalue weighted by Gasteiger charge is -2.12. The lowest BCUT2D eigenvalue weighted by molar-refractivity contribution is -0.384. The summed E-state index contributed by atoms with van der Waals surface area (Å²) in [4.78, 5) is 22.4. The summed E-state index contributed by atoms with van der Waals surface area (Å²) in [6, 6.07) is 11.0. The summed E-state index contributed by atoms with van der Waals surface area (Å²) in [5.74, 6) is -0.00978. The molecule has 0 saturated carbocycles. The van der Waals surface area contributed by atoms with Crippen LogP contribution in [0.15, 0.2) is 42.5 Å². The number of nitrogens with one attached hydrogen (secondary N) is 2. The fourth-order valence-corrected chi connectivity index (χ4v) is 2.14. The number of nitrogens with zero attached hydrogens (tertiary/aromatic N) is 1. The number of anilines is 1. The second-order valence-corrected chi connectivity index (χ2v) is 5.32. The number of nitro benzene ring substituents is 1. The Labute approximate surface area is 143 Å². The SMILES string of the molecule is COc1ccc([N+](=O)[O-])cc1NC(=S)NC(=O)c1ccc(C)cc1. The molecule has 1 amide bonds. The highest BCUT2D eigenvalue weighted by Gasteiger charge is 2.14. The number of thiocarbonyl (C=S) groups is 1. The van der Waals surface area contributed by atoms with Crippen molar-refractivity contribution in [2.45, 2.75) is 6.92 Å². The van der Waals surface area contributed by atoms with Crippen molar-refractivity contribution in [1.29, 1.82) is 0 Å². The number of non-ortho nitro benzene ring substituents is 1. The molecule has 0 aromatic heterocycles. The zero-order chi connectivity index (χ0) is 17.7. The van der Waals surface area contributed by atoms with Crippen molar-refractivity contribution < 1.29 is 14.5 Å². The molecule has 0 atom stereocenters. The lowest BCUT2D eigenvalue weighted by atomic mass is 10.1. The second-order valence-electron chi connectivity index (χ2n) is 4.92. The Morgan fingerprint density at radius 2 is 1.88 bits per heavy atom. The van der Waals surface area contributed by atoms with Gasteiger partial charge >= 0.3 is 0 Å². The molecule has 0 spiro atoms. The minimum absolute atomic E-state index is 0.0133. The average Bonchev–Trinajstić information content (AvgIpc) is 2.55. The number of carbonyl (C=O) groups is 1. The van der Waals surface area contributed by atoms with Crippen LogP contribution in [0.1, 0.15) is 15.9 Å². The molecule has 24 heavy (non-hydrogen) atoms. The van der Waals surface area contributed by atoms with Crippen molar-refractivity contribution in [1.82, 2.24) is 5.32 Å². The van der Waals surface area contributed by atoms with Gasteiger partial charge in [-0.2, -0.15) is 0 Å². The number of ether oxygens (including phenoxy) is 1. The number of amides is 1. The van der Waals surface area contributed by atoms with Gasteiger partial charge in [0.2, 0.25) is 0 Å². The van der Waals surface area contributed by atoms with Crippen molar-refractivity contribution in [2.24, 2.45) is 0 Å². The molecule has 0 aliphatic rings. The van der Waals surface area contributed by atoms with Crippen LogP contribution in [0.4, 0.5) is 11.4 Å². The maximum absolute atomic E-state index is 12.1. The Kier molecular flexibility index (Phi) is 5.43. The molecule has 0 radical (unpaired) electrons. The third-order valence-corrected chi connectivity index (χ3v) is 3.39. The Bertz CT molecular complexity index is 790. The molecule has 0 heterocycles. The number of aryl methyl sites for hydroxylation is 1. The van der Waals surface area contributed by atoms with Gasteiger partial charge in [-0.25, -0.2) is 0 Å². The first kappa shape index (κ1) is 17.4. The molecule has 124 valence electrons. The van der Waals surface area contributed by atoms with Gasteiger partial charge in [0.15, 0.2) is 5.11 Å². The van der Waals surface area contributed by atoms with Gasteiger partial charge in [-0.15, -0.1) is 0 Å². The molecular weight excluding hydrogens is 330 g/mol. The fraction of sp³-hybridized carbons (Fsp3) is 0.125. The van der Waals surface area contributed by atoms with E-state index in [0.29, 0.717) is 17.0 Å². The van der Waals surface area contributed by atoms with Gasteiger partial charge in [0.1, 0.15) is 5.75 Å². The smallest absolute Gasteiger partial charge is 0.271 e. The number of nitro groups is 1. The molecule has 2 aromatic carbocycles. The van der Waals surface area contributed by atoms with Crippen LogP contribution in [-0.4, -0.2) is 23.1 Å². The molecule has 7 nitrogen and oxygen atoms in total. The van der Waals surface area contributed by atoms with Crippen LogP contribution in [0.3, 0.4) is 0 Å². The summed E-state index contributed by atoms with van der Waals surface area (Å²) in [5.41, 5.74) is 1.66. The van der Waals surface area contributed by atoms with Crippen molar-refractivity contribution in [3.05, 3.63) is 63.7 Å². The number of rotatable bonds is 4. The molecule has 2 rings (SSSR count). The minimum atomic E-state index is -0.529. The third kappa shape index (κ3) is 4.26. The van der Waals surface area contributed by atoms with Crippen LogP contribution in [0.25, 0.3) is 0 Å². The molecule has 0 aliphatic carbocycles. The van der Waals surface area contributed by atoms with E-state index in [1.54, 1.807) is 12.1 Å². The third-order valence-electron chi connectivity index (χ3n) is 3.18.